The average Bonchev–Trinajstić information content (AvgIpc) is 2.39. The predicted octanol–water partition coefficient (Wildman–Crippen LogP) is 3.33. The van der Waals surface area contributed by atoms with E-state index in [0.717, 1.165) is 9.79 Å². The van der Waals surface area contributed by atoms with Crippen molar-refractivity contribution in [1.82, 2.24) is 0 Å². The van der Waals surface area contributed by atoms with Gasteiger partial charge in [-0.2, -0.15) is 0 Å². The molecule has 0 aliphatic rings. The highest BCUT2D eigenvalue weighted by molar-refractivity contribution is 7.99. The Bertz CT molecular complexity index is 549. The molecule has 0 saturated carbocycles. The second-order valence-electron chi connectivity index (χ2n) is 3.62. The van der Waals surface area contributed by atoms with Crippen molar-refractivity contribution in [3.63, 3.8) is 0 Å². The number of ether oxygens (including phenoxy) is 1. The molecule has 0 spiro atoms. The van der Waals surface area contributed by atoms with Crippen molar-refractivity contribution in [2.45, 2.75) is 9.79 Å². The standard InChI is InChI=1S/C14H12O3S/c1-17-14(16)10-5-7-12(8-6-10)18-13-4-2-3-11(15)9-13/h2-9,15H,1H3. The Morgan fingerprint density at radius 1 is 1.11 bits per heavy atom. The van der Waals surface area contributed by atoms with Gasteiger partial charge in [0.25, 0.3) is 0 Å². The molecule has 0 heterocycles. The molecule has 4 heteroatoms. The molecule has 0 bridgehead atoms. The molecule has 2 aromatic rings. The van der Waals surface area contributed by atoms with Crippen LogP contribution >= 0.6 is 11.8 Å². The van der Waals surface area contributed by atoms with Crippen LogP contribution in [0.5, 0.6) is 5.75 Å². The van der Waals surface area contributed by atoms with Gasteiger partial charge in [0, 0.05) is 9.79 Å². The van der Waals surface area contributed by atoms with E-state index in [1.807, 2.05) is 18.2 Å². The molecule has 1 N–H and O–H groups in total. The fourth-order valence-electron chi connectivity index (χ4n) is 1.46. The zero-order valence-corrected chi connectivity index (χ0v) is 10.6. The lowest BCUT2D eigenvalue weighted by Gasteiger charge is -2.03. The highest BCUT2D eigenvalue weighted by Gasteiger charge is 2.05. The van der Waals surface area contributed by atoms with Gasteiger partial charge >= 0.3 is 5.97 Å². The number of carbonyl (C=O) groups is 1. The van der Waals surface area contributed by atoms with E-state index in [1.165, 1.54) is 18.9 Å². The number of benzene rings is 2. The lowest BCUT2D eigenvalue weighted by Crippen LogP contribution is -2.00. The molecule has 0 saturated heterocycles. The van der Waals surface area contributed by atoms with Crippen LogP contribution in [0.2, 0.25) is 0 Å². The van der Waals surface area contributed by atoms with Gasteiger partial charge in [-0.15, -0.1) is 0 Å². The Balaban J connectivity index is 2.13. The highest BCUT2D eigenvalue weighted by atomic mass is 32.2. The molecule has 0 amide bonds. The van der Waals surface area contributed by atoms with Crippen molar-refractivity contribution in [3.8, 4) is 5.75 Å². The minimum atomic E-state index is -0.344. The second kappa shape index (κ2) is 5.60. The molecule has 0 atom stereocenters. The highest BCUT2D eigenvalue weighted by Crippen LogP contribution is 2.29. The summed E-state index contributed by atoms with van der Waals surface area (Å²) in [6, 6.07) is 14.2. The smallest absolute Gasteiger partial charge is 0.337 e. The first kappa shape index (κ1) is 12.5. The number of phenols is 1. The van der Waals surface area contributed by atoms with Crippen LogP contribution in [0.15, 0.2) is 58.3 Å². The van der Waals surface area contributed by atoms with Crippen LogP contribution in [0, 0.1) is 0 Å². The van der Waals surface area contributed by atoms with Gasteiger partial charge in [-0.3, -0.25) is 0 Å². The van der Waals surface area contributed by atoms with Crippen LogP contribution in [0.4, 0.5) is 0 Å². The topological polar surface area (TPSA) is 46.5 Å². The summed E-state index contributed by atoms with van der Waals surface area (Å²) < 4.78 is 4.63. The number of hydrogen-bond acceptors (Lipinski definition) is 4. The summed E-state index contributed by atoms with van der Waals surface area (Å²) in [5.41, 5.74) is 0.526. The number of rotatable bonds is 3. The Kier molecular flexibility index (Phi) is 3.89. The number of hydrogen-bond donors (Lipinski definition) is 1. The van der Waals surface area contributed by atoms with Crippen LogP contribution in [0.3, 0.4) is 0 Å². The van der Waals surface area contributed by atoms with Crippen molar-refractivity contribution in [2.75, 3.05) is 7.11 Å². The predicted molar refractivity (Wildman–Crippen MR) is 70.0 cm³/mol. The molecule has 0 aliphatic heterocycles. The summed E-state index contributed by atoms with van der Waals surface area (Å²) in [5.74, 6) is -0.102. The average molecular weight is 260 g/mol. The third kappa shape index (κ3) is 3.05. The maximum atomic E-state index is 11.3. The minimum absolute atomic E-state index is 0.242. The van der Waals surface area contributed by atoms with Crippen LogP contribution in [-0.4, -0.2) is 18.2 Å². The lowest BCUT2D eigenvalue weighted by molar-refractivity contribution is 0.0600. The fraction of sp³-hybridized carbons (Fsp3) is 0.0714. The van der Waals surface area contributed by atoms with Gasteiger partial charge in [-0.25, -0.2) is 4.79 Å². The van der Waals surface area contributed by atoms with Gasteiger partial charge in [-0.1, -0.05) is 17.8 Å². The first-order valence-electron chi connectivity index (χ1n) is 5.34. The van der Waals surface area contributed by atoms with Gasteiger partial charge in [0.05, 0.1) is 12.7 Å². The summed E-state index contributed by atoms with van der Waals surface area (Å²) in [7, 11) is 1.36. The van der Waals surface area contributed by atoms with Crippen LogP contribution in [0.1, 0.15) is 10.4 Å². The van der Waals surface area contributed by atoms with Gasteiger partial charge in [0.15, 0.2) is 0 Å². The Morgan fingerprint density at radius 2 is 1.83 bits per heavy atom. The number of carbonyl (C=O) groups excluding carboxylic acids is 1. The van der Waals surface area contributed by atoms with Gasteiger partial charge < -0.3 is 9.84 Å². The Labute approximate surface area is 109 Å². The number of aromatic hydroxyl groups is 1. The number of phenolic OH excluding ortho intramolecular Hbond substituents is 1. The molecular formula is C14H12O3S. The fourth-order valence-corrected chi connectivity index (χ4v) is 2.33. The van der Waals surface area contributed by atoms with E-state index in [1.54, 1.807) is 30.3 Å². The largest absolute Gasteiger partial charge is 0.508 e. The maximum Gasteiger partial charge on any atom is 0.337 e. The molecule has 3 nitrogen and oxygen atoms in total. The van der Waals surface area contributed by atoms with Gasteiger partial charge in [-0.05, 0) is 42.5 Å². The molecule has 92 valence electrons. The summed E-state index contributed by atoms with van der Waals surface area (Å²) in [4.78, 5) is 13.2. The maximum absolute atomic E-state index is 11.3. The number of esters is 1. The van der Waals surface area contributed by atoms with E-state index >= 15 is 0 Å². The molecule has 2 aromatic carbocycles. The summed E-state index contributed by atoms with van der Waals surface area (Å²) in [6.07, 6.45) is 0. The van der Waals surface area contributed by atoms with Crippen molar-refractivity contribution in [2.24, 2.45) is 0 Å². The second-order valence-corrected chi connectivity index (χ2v) is 4.76. The van der Waals surface area contributed by atoms with E-state index in [9.17, 15) is 9.90 Å². The molecular weight excluding hydrogens is 248 g/mol. The molecule has 18 heavy (non-hydrogen) atoms. The van der Waals surface area contributed by atoms with E-state index in [2.05, 4.69) is 4.74 Å². The molecule has 0 aliphatic carbocycles. The van der Waals surface area contributed by atoms with E-state index in [4.69, 9.17) is 0 Å². The van der Waals surface area contributed by atoms with Crippen LogP contribution in [0.25, 0.3) is 0 Å². The first-order chi connectivity index (χ1) is 8.69. The third-order valence-electron chi connectivity index (χ3n) is 2.33. The summed E-state index contributed by atoms with van der Waals surface area (Å²) in [5, 5.41) is 9.37. The van der Waals surface area contributed by atoms with E-state index in [0.29, 0.717) is 5.56 Å². The molecule has 0 fully saturated rings. The number of methoxy groups -OCH3 is 1. The van der Waals surface area contributed by atoms with Crippen molar-refractivity contribution in [1.29, 1.82) is 0 Å². The molecule has 0 aromatic heterocycles. The van der Waals surface area contributed by atoms with E-state index in [-0.39, 0.29) is 11.7 Å². The summed E-state index contributed by atoms with van der Waals surface area (Å²) in [6.45, 7) is 0. The van der Waals surface area contributed by atoms with Crippen LogP contribution in [-0.2, 0) is 4.74 Å². The van der Waals surface area contributed by atoms with E-state index < -0.39 is 0 Å². The zero-order chi connectivity index (χ0) is 13.0. The Hall–Kier alpha value is -1.94. The molecule has 0 unspecified atom stereocenters. The van der Waals surface area contributed by atoms with Crippen molar-refractivity contribution < 1.29 is 14.6 Å². The lowest BCUT2D eigenvalue weighted by atomic mass is 10.2. The molecule has 0 radical (unpaired) electrons. The monoisotopic (exact) mass is 260 g/mol. The van der Waals surface area contributed by atoms with Crippen LogP contribution < -0.4 is 0 Å². The zero-order valence-electron chi connectivity index (χ0n) is 9.79. The SMILES string of the molecule is COC(=O)c1ccc(Sc2cccc(O)c2)cc1. The molecule has 2 rings (SSSR count). The third-order valence-corrected chi connectivity index (χ3v) is 3.33. The normalized spacial score (nSPS) is 10.1. The quantitative estimate of drug-likeness (QED) is 0.860. The minimum Gasteiger partial charge on any atom is -0.508 e. The van der Waals surface area contributed by atoms with Crippen molar-refractivity contribution >= 4 is 17.7 Å². The first-order valence-corrected chi connectivity index (χ1v) is 6.16. The van der Waals surface area contributed by atoms with Gasteiger partial charge in [0.2, 0.25) is 0 Å². The van der Waals surface area contributed by atoms with Crippen molar-refractivity contribution in [3.05, 3.63) is 54.1 Å². The Morgan fingerprint density at radius 3 is 2.44 bits per heavy atom. The summed E-state index contributed by atoms with van der Waals surface area (Å²) >= 11 is 1.52. The van der Waals surface area contributed by atoms with Gasteiger partial charge in [0.1, 0.15) is 5.75 Å².